The van der Waals surface area contributed by atoms with Gasteiger partial charge < -0.3 is 9.88 Å². The predicted octanol–water partition coefficient (Wildman–Crippen LogP) is 2.63. The molecule has 0 saturated heterocycles. The van der Waals surface area contributed by atoms with E-state index in [4.69, 9.17) is 6.42 Å². The largest absolute Gasteiger partial charge is 0.349 e. The Hall–Kier alpha value is -1.20. The zero-order valence-corrected chi connectivity index (χ0v) is 10.8. The van der Waals surface area contributed by atoms with Gasteiger partial charge in [0.15, 0.2) is 0 Å². The second kappa shape index (κ2) is 5.77. The van der Waals surface area contributed by atoms with Gasteiger partial charge in [-0.05, 0) is 39.3 Å². The van der Waals surface area contributed by atoms with Gasteiger partial charge in [-0.2, -0.15) is 0 Å². The van der Waals surface area contributed by atoms with Crippen molar-refractivity contribution < 1.29 is 0 Å². The highest BCUT2D eigenvalue weighted by Gasteiger charge is 2.08. The number of hydrogen-bond donors (Lipinski definition) is 1. The molecule has 1 rings (SSSR count). The molecule has 0 radical (unpaired) electrons. The summed E-state index contributed by atoms with van der Waals surface area (Å²) in [5.74, 6) is 2.68. The second-order valence-corrected chi connectivity index (χ2v) is 4.33. The first-order valence-corrected chi connectivity index (χ1v) is 5.92. The van der Waals surface area contributed by atoms with Crippen molar-refractivity contribution in [2.24, 2.45) is 0 Å². The Morgan fingerprint density at radius 1 is 1.50 bits per heavy atom. The molecule has 1 atom stereocenters. The van der Waals surface area contributed by atoms with Crippen LogP contribution in [0.5, 0.6) is 0 Å². The lowest BCUT2D eigenvalue weighted by Gasteiger charge is -2.11. The van der Waals surface area contributed by atoms with Crippen LogP contribution in [0.2, 0.25) is 0 Å². The number of rotatable bonds is 5. The molecule has 0 amide bonds. The lowest BCUT2D eigenvalue weighted by Crippen LogP contribution is -2.25. The van der Waals surface area contributed by atoms with E-state index in [1.807, 2.05) is 0 Å². The summed E-state index contributed by atoms with van der Waals surface area (Å²) < 4.78 is 2.34. The Labute approximate surface area is 99.0 Å². The van der Waals surface area contributed by atoms with Gasteiger partial charge >= 0.3 is 0 Å². The van der Waals surface area contributed by atoms with Crippen LogP contribution in [0.1, 0.15) is 37.2 Å². The fraction of sp³-hybridized carbons (Fsp3) is 0.571. The van der Waals surface area contributed by atoms with E-state index in [0.29, 0.717) is 6.04 Å². The minimum Gasteiger partial charge on any atom is -0.349 e. The summed E-state index contributed by atoms with van der Waals surface area (Å²) in [6.07, 6.45) is 6.07. The van der Waals surface area contributed by atoms with E-state index >= 15 is 0 Å². The first-order valence-electron chi connectivity index (χ1n) is 5.92. The minimum atomic E-state index is 0.384. The predicted molar refractivity (Wildman–Crippen MR) is 69.3 cm³/mol. The van der Waals surface area contributed by atoms with Crippen molar-refractivity contribution in [2.75, 3.05) is 0 Å². The molecule has 0 bridgehead atoms. The third-order valence-electron chi connectivity index (χ3n) is 3.06. The Balaban J connectivity index is 2.65. The van der Waals surface area contributed by atoms with Crippen LogP contribution in [-0.4, -0.2) is 10.6 Å². The third kappa shape index (κ3) is 2.90. The van der Waals surface area contributed by atoms with Gasteiger partial charge in [0, 0.05) is 36.9 Å². The van der Waals surface area contributed by atoms with Gasteiger partial charge in [0.2, 0.25) is 0 Å². The second-order valence-electron chi connectivity index (χ2n) is 4.33. The number of hydrogen-bond acceptors (Lipinski definition) is 1. The van der Waals surface area contributed by atoms with Crippen LogP contribution in [0.4, 0.5) is 0 Å². The molecule has 1 aromatic heterocycles. The maximum absolute atomic E-state index is 5.28. The highest BCUT2D eigenvalue weighted by molar-refractivity contribution is 5.26. The summed E-state index contributed by atoms with van der Waals surface area (Å²) in [5, 5.41) is 3.45. The fourth-order valence-corrected chi connectivity index (χ4v) is 2.07. The van der Waals surface area contributed by atoms with E-state index in [9.17, 15) is 0 Å². The molecule has 1 unspecified atom stereocenters. The van der Waals surface area contributed by atoms with Crippen molar-refractivity contribution in [3.05, 3.63) is 23.0 Å². The lowest BCUT2D eigenvalue weighted by atomic mass is 10.2. The normalized spacial score (nSPS) is 12.4. The molecule has 1 heterocycles. The topological polar surface area (TPSA) is 17.0 Å². The van der Waals surface area contributed by atoms with E-state index in [-0.39, 0.29) is 0 Å². The zero-order chi connectivity index (χ0) is 12.1. The summed E-state index contributed by atoms with van der Waals surface area (Å²) in [7, 11) is 0. The Kier molecular flexibility index (Phi) is 4.64. The standard InChI is InChI=1S/C14H22N2/c1-6-8-11(3)15-10-14-9-12(4)16(7-2)13(14)5/h1,9,11,15H,7-8,10H2,2-5H3. The van der Waals surface area contributed by atoms with Crippen molar-refractivity contribution >= 4 is 0 Å². The van der Waals surface area contributed by atoms with E-state index in [1.54, 1.807) is 0 Å². The first-order chi connectivity index (χ1) is 7.60. The number of nitrogens with one attached hydrogen (secondary N) is 1. The van der Waals surface area contributed by atoms with E-state index in [0.717, 1.165) is 19.5 Å². The average molecular weight is 218 g/mol. The van der Waals surface area contributed by atoms with Crippen molar-refractivity contribution in [3.63, 3.8) is 0 Å². The Morgan fingerprint density at radius 3 is 2.69 bits per heavy atom. The Bertz CT molecular complexity index is 382. The van der Waals surface area contributed by atoms with Crippen LogP contribution in [-0.2, 0) is 13.1 Å². The lowest BCUT2D eigenvalue weighted by molar-refractivity contribution is 0.557. The molecule has 0 spiro atoms. The van der Waals surface area contributed by atoms with Crippen molar-refractivity contribution in [1.29, 1.82) is 0 Å². The number of terminal acetylenes is 1. The maximum atomic E-state index is 5.28. The maximum Gasteiger partial charge on any atom is 0.0238 e. The van der Waals surface area contributed by atoms with Crippen LogP contribution in [0.3, 0.4) is 0 Å². The van der Waals surface area contributed by atoms with Gasteiger partial charge in [0.1, 0.15) is 0 Å². The highest BCUT2D eigenvalue weighted by Crippen LogP contribution is 2.14. The molecule has 1 N–H and O–H groups in total. The van der Waals surface area contributed by atoms with Crippen molar-refractivity contribution in [1.82, 2.24) is 9.88 Å². The molecule has 2 heteroatoms. The van der Waals surface area contributed by atoms with E-state index in [1.165, 1.54) is 17.0 Å². The molecule has 0 aromatic carbocycles. The van der Waals surface area contributed by atoms with Crippen LogP contribution in [0.15, 0.2) is 6.07 Å². The van der Waals surface area contributed by atoms with Gasteiger partial charge in [-0.1, -0.05) is 0 Å². The summed E-state index contributed by atoms with van der Waals surface area (Å²) in [6.45, 7) is 10.6. The molecule has 16 heavy (non-hydrogen) atoms. The number of aryl methyl sites for hydroxylation is 1. The monoisotopic (exact) mass is 218 g/mol. The summed E-state index contributed by atoms with van der Waals surface area (Å²) >= 11 is 0. The van der Waals surface area contributed by atoms with Crippen LogP contribution in [0, 0.1) is 26.2 Å². The van der Waals surface area contributed by atoms with Gasteiger partial charge in [0.25, 0.3) is 0 Å². The molecule has 0 aliphatic rings. The molecule has 1 aromatic rings. The van der Waals surface area contributed by atoms with E-state index < -0.39 is 0 Å². The molecule has 0 aliphatic carbocycles. The van der Waals surface area contributed by atoms with Gasteiger partial charge in [0.05, 0.1) is 0 Å². The number of aromatic nitrogens is 1. The smallest absolute Gasteiger partial charge is 0.0238 e. The average Bonchev–Trinajstić information content (AvgIpc) is 2.51. The molecular formula is C14H22N2. The number of nitrogens with zero attached hydrogens (tertiary/aromatic N) is 1. The molecule has 2 nitrogen and oxygen atoms in total. The van der Waals surface area contributed by atoms with Gasteiger partial charge in [-0.3, -0.25) is 0 Å². The zero-order valence-electron chi connectivity index (χ0n) is 10.8. The van der Waals surface area contributed by atoms with Crippen LogP contribution in [0.25, 0.3) is 0 Å². The molecular weight excluding hydrogens is 196 g/mol. The summed E-state index contributed by atoms with van der Waals surface area (Å²) in [5.41, 5.74) is 4.07. The molecule has 88 valence electrons. The van der Waals surface area contributed by atoms with Crippen molar-refractivity contribution in [2.45, 2.75) is 53.2 Å². The van der Waals surface area contributed by atoms with E-state index in [2.05, 4.69) is 49.6 Å². The highest BCUT2D eigenvalue weighted by atomic mass is 15.0. The van der Waals surface area contributed by atoms with Crippen LogP contribution >= 0.6 is 0 Å². The summed E-state index contributed by atoms with van der Waals surface area (Å²) in [4.78, 5) is 0. The third-order valence-corrected chi connectivity index (χ3v) is 3.06. The fourth-order valence-electron chi connectivity index (χ4n) is 2.07. The van der Waals surface area contributed by atoms with Gasteiger partial charge in [-0.15, -0.1) is 12.3 Å². The summed E-state index contributed by atoms with van der Waals surface area (Å²) in [6, 6.07) is 2.64. The minimum absolute atomic E-state index is 0.384. The SMILES string of the molecule is C#CCC(C)NCc1cc(C)n(CC)c1C. The van der Waals surface area contributed by atoms with Gasteiger partial charge in [-0.25, -0.2) is 0 Å². The molecule has 0 saturated carbocycles. The van der Waals surface area contributed by atoms with Crippen LogP contribution < -0.4 is 5.32 Å². The Morgan fingerprint density at radius 2 is 2.19 bits per heavy atom. The molecule has 0 aliphatic heterocycles. The van der Waals surface area contributed by atoms with Crippen molar-refractivity contribution in [3.8, 4) is 12.3 Å². The quantitative estimate of drug-likeness (QED) is 0.752. The molecule has 0 fully saturated rings. The first kappa shape index (κ1) is 12.9.